The molecule has 0 radical (unpaired) electrons. The van der Waals surface area contributed by atoms with Gasteiger partial charge in [0.1, 0.15) is 5.75 Å². The first-order valence-corrected chi connectivity index (χ1v) is 6.45. The highest BCUT2D eigenvalue weighted by Crippen LogP contribution is 2.35. The van der Waals surface area contributed by atoms with Crippen LogP contribution in [0.15, 0.2) is 18.2 Å². The Kier molecular flexibility index (Phi) is 4.02. The number of phenolic OH excluding ortho intramolecular Hbond substituents is 1. The number of aromatic hydroxyl groups is 1. The molecule has 3 heteroatoms. The van der Waals surface area contributed by atoms with Gasteiger partial charge in [0.05, 0.1) is 0 Å². The number of nitrogens with one attached hydrogen (secondary N) is 1. The van der Waals surface area contributed by atoms with E-state index >= 15 is 0 Å². The number of likely N-dealkylation sites (N-methyl/N-ethyl adjacent to an activating group) is 1. The summed E-state index contributed by atoms with van der Waals surface area (Å²) in [7, 11) is 2.14. The molecular formula is C14H22N2O. The van der Waals surface area contributed by atoms with E-state index in [1.165, 1.54) is 5.56 Å². The first kappa shape index (κ1) is 12.4. The van der Waals surface area contributed by atoms with E-state index in [9.17, 15) is 5.11 Å². The second-order valence-corrected chi connectivity index (χ2v) is 4.79. The highest BCUT2D eigenvalue weighted by molar-refractivity contribution is 5.44. The van der Waals surface area contributed by atoms with Crippen LogP contribution in [0.4, 0.5) is 0 Å². The molecule has 0 saturated heterocycles. The van der Waals surface area contributed by atoms with E-state index in [-0.39, 0.29) is 0 Å². The largest absolute Gasteiger partial charge is 0.508 e. The molecule has 2 rings (SSSR count). The van der Waals surface area contributed by atoms with Crippen molar-refractivity contribution in [3.05, 3.63) is 29.3 Å². The Morgan fingerprint density at radius 3 is 3.06 bits per heavy atom. The van der Waals surface area contributed by atoms with Gasteiger partial charge >= 0.3 is 0 Å². The van der Waals surface area contributed by atoms with Crippen molar-refractivity contribution in [2.75, 3.05) is 26.7 Å². The second-order valence-electron chi connectivity index (χ2n) is 4.79. The predicted octanol–water partition coefficient (Wildman–Crippen LogP) is 1.92. The molecule has 0 saturated carbocycles. The predicted molar refractivity (Wildman–Crippen MR) is 70.3 cm³/mol. The van der Waals surface area contributed by atoms with Crippen LogP contribution in [0.2, 0.25) is 0 Å². The fourth-order valence-corrected chi connectivity index (χ4v) is 2.43. The Balaban J connectivity index is 1.91. The SMILES string of the molecule is CCN(C)CCNC1CCc2c(O)cccc21. The van der Waals surface area contributed by atoms with Crippen LogP contribution in [0.5, 0.6) is 5.75 Å². The Morgan fingerprint density at radius 1 is 1.47 bits per heavy atom. The molecule has 1 aliphatic rings. The van der Waals surface area contributed by atoms with Crippen molar-refractivity contribution in [2.24, 2.45) is 0 Å². The summed E-state index contributed by atoms with van der Waals surface area (Å²) >= 11 is 0. The van der Waals surface area contributed by atoms with Crippen LogP contribution >= 0.6 is 0 Å². The number of rotatable bonds is 5. The normalized spacial score (nSPS) is 18.6. The van der Waals surface area contributed by atoms with Gasteiger partial charge in [-0.05, 0) is 43.6 Å². The third kappa shape index (κ3) is 2.79. The van der Waals surface area contributed by atoms with Crippen LogP contribution in [0.3, 0.4) is 0 Å². The van der Waals surface area contributed by atoms with Crippen LogP contribution in [-0.4, -0.2) is 36.7 Å². The minimum absolute atomic E-state index is 0.419. The van der Waals surface area contributed by atoms with Crippen molar-refractivity contribution in [3.63, 3.8) is 0 Å². The first-order chi connectivity index (χ1) is 8.22. The number of fused-ring (bicyclic) bond motifs is 1. The van der Waals surface area contributed by atoms with Crippen molar-refractivity contribution < 1.29 is 5.11 Å². The van der Waals surface area contributed by atoms with Gasteiger partial charge in [-0.15, -0.1) is 0 Å². The molecule has 0 heterocycles. The van der Waals surface area contributed by atoms with Gasteiger partial charge in [0.2, 0.25) is 0 Å². The van der Waals surface area contributed by atoms with Crippen LogP contribution in [0.1, 0.15) is 30.5 Å². The highest BCUT2D eigenvalue weighted by atomic mass is 16.3. The molecule has 0 aliphatic heterocycles. The average Bonchev–Trinajstić information content (AvgIpc) is 2.74. The molecule has 0 bridgehead atoms. The molecule has 1 aromatic carbocycles. The molecule has 0 fully saturated rings. The van der Waals surface area contributed by atoms with Crippen molar-refractivity contribution in [1.82, 2.24) is 10.2 Å². The van der Waals surface area contributed by atoms with E-state index in [2.05, 4.69) is 30.3 Å². The number of hydrogen-bond acceptors (Lipinski definition) is 3. The van der Waals surface area contributed by atoms with E-state index in [0.717, 1.165) is 38.0 Å². The van der Waals surface area contributed by atoms with Crippen LogP contribution in [0, 0.1) is 0 Å². The van der Waals surface area contributed by atoms with Crippen molar-refractivity contribution in [3.8, 4) is 5.75 Å². The summed E-state index contributed by atoms with van der Waals surface area (Å²) in [6.07, 6.45) is 2.09. The molecule has 3 nitrogen and oxygen atoms in total. The summed E-state index contributed by atoms with van der Waals surface area (Å²) in [6.45, 7) is 5.33. The van der Waals surface area contributed by atoms with E-state index in [4.69, 9.17) is 0 Å². The molecule has 1 unspecified atom stereocenters. The van der Waals surface area contributed by atoms with Crippen LogP contribution < -0.4 is 5.32 Å². The van der Waals surface area contributed by atoms with Crippen LogP contribution in [-0.2, 0) is 6.42 Å². The van der Waals surface area contributed by atoms with Gasteiger partial charge in [-0.3, -0.25) is 0 Å². The smallest absolute Gasteiger partial charge is 0.119 e. The lowest BCUT2D eigenvalue weighted by Gasteiger charge is -2.18. The lowest BCUT2D eigenvalue weighted by atomic mass is 10.1. The molecule has 0 spiro atoms. The zero-order valence-electron chi connectivity index (χ0n) is 10.7. The van der Waals surface area contributed by atoms with Gasteiger partial charge in [-0.2, -0.15) is 0 Å². The fourth-order valence-electron chi connectivity index (χ4n) is 2.43. The summed E-state index contributed by atoms with van der Waals surface area (Å²) in [5.41, 5.74) is 2.41. The number of nitrogens with zero attached hydrogens (tertiary/aromatic N) is 1. The van der Waals surface area contributed by atoms with E-state index in [1.807, 2.05) is 6.07 Å². The third-order valence-electron chi connectivity index (χ3n) is 3.67. The highest BCUT2D eigenvalue weighted by Gasteiger charge is 2.23. The van der Waals surface area contributed by atoms with Gasteiger partial charge < -0.3 is 15.3 Å². The molecule has 1 aliphatic carbocycles. The summed E-state index contributed by atoms with van der Waals surface area (Å²) < 4.78 is 0. The standard InChI is InChI=1S/C14H22N2O/c1-3-16(2)10-9-15-13-8-7-12-11(13)5-4-6-14(12)17/h4-6,13,15,17H,3,7-10H2,1-2H3. The van der Waals surface area contributed by atoms with Gasteiger partial charge in [-0.25, -0.2) is 0 Å². The average molecular weight is 234 g/mol. The summed E-state index contributed by atoms with van der Waals surface area (Å²) in [6, 6.07) is 6.27. The lowest BCUT2D eigenvalue weighted by Crippen LogP contribution is -2.30. The second kappa shape index (κ2) is 5.52. The summed E-state index contributed by atoms with van der Waals surface area (Å²) in [4.78, 5) is 2.30. The Hall–Kier alpha value is -1.06. The molecule has 0 amide bonds. The Morgan fingerprint density at radius 2 is 2.29 bits per heavy atom. The van der Waals surface area contributed by atoms with E-state index < -0.39 is 0 Å². The lowest BCUT2D eigenvalue weighted by molar-refractivity contribution is 0.339. The zero-order chi connectivity index (χ0) is 12.3. The Bertz CT molecular complexity index is 378. The molecule has 94 valence electrons. The minimum Gasteiger partial charge on any atom is -0.508 e. The first-order valence-electron chi connectivity index (χ1n) is 6.45. The zero-order valence-corrected chi connectivity index (χ0v) is 10.7. The maximum absolute atomic E-state index is 9.76. The van der Waals surface area contributed by atoms with Gasteiger partial charge in [0.25, 0.3) is 0 Å². The monoisotopic (exact) mass is 234 g/mol. The van der Waals surface area contributed by atoms with Gasteiger partial charge in [-0.1, -0.05) is 19.1 Å². The Labute approximate surface area is 103 Å². The van der Waals surface area contributed by atoms with E-state index in [0.29, 0.717) is 11.8 Å². The molecule has 1 aromatic rings. The number of phenols is 1. The van der Waals surface area contributed by atoms with E-state index in [1.54, 1.807) is 6.07 Å². The molecule has 1 atom stereocenters. The van der Waals surface area contributed by atoms with Gasteiger partial charge in [0, 0.05) is 19.1 Å². The quantitative estimate of drug-likeness (QED) is 0.817. The summed E-state index contributed by atoms with van der Waals surface area (Å²) in [5.74, 6) is 0.456. The summed E-state index contributed by atoms with van der Waals surface area (Å²) in [5, 5.41) is 13.3. The number of benzene rings is 1. The molecule has 2 N–H and O–H groups in total. The maximum atomic E-state index is 9.76. The minimum atomic E-state index is 0.419. The molecular weight excluding hydrogens is 212 g/mol. The van der Waals surface area contributed by atoms with Crippen LogP contribution in [0.25, 0.3) is 0 Å². The van der Waals surface area contributed by atoms with Crippen molar-refractivity contribution >= 4 is 0 Å². The fraction of sp³-hybridized carbons (Fsp3) is 0.571. The van der Waals surface area contributed by atoms with Crippen molar-refractivity contribution in [2.45, 2.75) is 25.8 Å². The topological polar surface area (TPSA) is 35.5 Å². The number of hydrogen-bond donors (Lipinski definition) is 2. The van der Waals surface area contributed by atoms with Gasteiger partial charge in [0.15, 0.2) is 0 Å². The third-order valence-corrected chi connectivity index (χ3v) is 3.67. The van der Waals surface area contributed by atoms with Crippen molar-refractivity contribution in [1.29, 1.82) is 0 Å². The molecule has 0 aromatic heterocycles. The maximum Gasteiger partial charge on any atom is 0.119 e. The molecule has 17 heavy (non-hydrogen) atoms.